The second kappa shape index (κ2) is 7.68. The highest BCUT2D eigenvalue weighted by molar-refractivity contribution is 5.77. The Labute approximate surface area is 136 Å². The average molecular weight is 314 g/mol. The van der Waals surface area contributed by atoms with Crippen LogP contribution in [0, 0.1) is 0 Å². The van der Waals surface area contributed by atoms with Crippen LogP contribution < -0.4 is 9.47 Å². The van der Waals surface area contributed by atoms with Crippen LogP contribution in [0.25, 0.3) is 0 Å². The van der Waals surface area contributed by atoms with E-state index in [1.807, 2.05) is 44.2 Å². The fourth-order valence-corrected chi connectivity index (χ4v) is 2.47. The van der Waals surface area contributed by atoms with E-state index >= 15 is 0 Å². The van der Waals surface area contributed by atoms with E-state index in [4.69, 9.17) is 9.47 Å². The van der Waals surface area contributed by atoms with Crippen molar-refractivity contribution in [3.63, 3.8) is 0 Å². The van der Waals surface area contributed by atoms with Gasteiger partial charge in [0.25, 0.3) is 0 Å². The number of benzene rings is 2. The maximum atomic E-state index is 11.8. The fraction of sp³-hybridized carbons (Fsp3) is 0.316. The summed E-state index contributed by atoms with van der Waals surface area (Å²) in [6, 6.07) is 14.8. The molecule has 23 heavy (non-hydrogen) atoms. The molecule has 2 aromatic carbocycles. The first kappa shape index (κ1) is 16.9. The summed E-state index contributed by atoms with van der Waals surface area (Å²) in [6.45, 7) is 3.90. The monoisotopic (exact) mass is 314 g/mol. The van der Waals surface area contributed by atoms with Gasteiger partial charge in [-0.25, -0.2) is 0 Å². The molecule has 0 spiro atoms. The third-order valence-electron chi connectivity index (χ3n) is 3.55. The first-order chi connectivity index (χ1) is 11.0. The number of carboxylic acids is 1. The van der Waals surface area contributed by atoms with Crippen LogP contribution >= 0.6 is 0 Å². The lowest BCUT2D eigenvalue weighted by molar-refractivity contribution is -0.138. The number of aliphatic carboxylic acids is 1. The van der Waals surface area contributed by atoms with Crippen LogP contribution in [0.3, 0.4) is 0 Å². The summed E-state index contributed by atoms with van der Waals surface area (Å²) in [4.78, 5) is 11.8. The summed E-state index contributed by atoms with van der Waals surface area (Å²) in [7, 11) is 1.57. The Hall–Kier alpha value is -2.49. The minimum absolute atomic E-state index is 0.0382. The quantitative estimate of drug-likeness (QED) is 0.842. The fourth-order valence-electron chi connectivity index (χ4n) is 2.47. The molecule has 0 heterocycles. The summed E-state index contributed by atoms with van der Waals surface area (Å²) < 4.78 is 11.0. The standard InChI is InChI=1S/C19H22O4/c1-13(2)23-18-10-5-4-7-15(18)12-17(19(20)21)14-8-6-9-16(11-14)22-3/h4-11,13,17H,12H2,1-3H3,(H,20,21). The normalized spacial score (nSPS) is 12.0. The molecule has 0 bridgehead atoms. The van der Waals surface area contributed by atoms with Crippen LogP contribution in [0.4, 0.5) is 0 Å². The molecule has 0 aliphatic rings. The Balaban J connectivity index is 2.32. The molecule has 4 heteroatoms. The predicted molar refractivity (Wildman–Crippen MR) is 89.3 cm³/mol. The first-order valence-corrected chi connectivity index (χ1v) is 7.62. The topological polar surface area (TPSA) is 55.8 Å². The van der Waals surface area contributed by atoms with Crippen LogP contribution in [0.15, 0.2) is 48.5 Å². The van der Waals surface area contributed by atoms with Crippen LogP contribution in [-0.4, -0.2) is 24.3 Å². The Morgan fingerprint density at radius 3 is 2.52 bits per heavy atom. The largest absolute Gasteiger partial charge is 0.497 e. The van der Waals surface area contributed by atoms with Crippen LogP contribution in [0.1, 0.15) is 30.9 Å². The van der Waals surface area contributed by atoms with Gasteiger partial charge in [-0.2, -0.15) is 0 Å². The zero-order valence-electron chi connectivity index (χ0n) is 13.7. The van der Waals surface area contributed by atoms with E-state index in [1.54, 1.807) is 25.3 Å². The van der Waals surface area contributed by atoms with Gasteiger partial charge in [-0.1, -0.05) is 30.3 Å². The van der Waals surface area contributed by atoms with Crippen molar-refractivity contribution in [1.29, 1.82) is 0 Å². The van der Waals surface area contributed by atoms with Gasteiger partial charge in [0.15, 0.2) is 0 Å². The third-order valence-corrected chi connectivity index (χ3v) is 3.55. The van der Waals surface area contributed by atoms with Gasteiger partial charge in [-0.3, -0.25) is 4.79 Å². The molecule has 122 valence electrons. The Morgan fingerprint density at radius 1 is 1.13 bits per heavy atom. The van der Waals surface area contributed by atoms with Gasteiger partial charge < -0.3 is 14.6 Å². The molecule has 0 saturated carbocycles. The van der Waals surface area contributed by atoms with E-state index in [1.165, 1.54) is 0 Å². The van der Waals surface area contributed by atoms with Gasteiger partial charge in [-0.15, -0.1) is 0 Å². The molecule has 0 saturated heterocycles. The molecule has 0 aliphatic carbocycles. The van der Waals surface area contributed by atoms with Crippen molar-refractivity contribution < 1.29 is 19.4 Å². The van der Waals surface area contributed by atoms with Crippen LogP contribution in [-0.2, 0) is 11.2 Å². The minimum atomic E-state index is -0.863. The molecule has 0 amide bonds. The van der Waals surface area contributed by atoms with Gasteiger partial charge in [0.2, 0.25) is 0 Å². The summed E-state index contributed by atoms with van der Waals surface area (Å²) in [5.41, 5.74) is 1.60. The van der Waals surface area contributed by atoms with Crippen LogP contribution in [0.2, 0.25) is 0 Å². The number of methoxy groups -OCH3 is 1. The van der Waals surface area contributed by atoms with Crippen molar-refractivity contribution >= 4 is 5.97 Å². The highest BCUT2D eigenvalue weighted by atomic mass is 16.5. The number of carboxylic acid groups (broad SMARTS) is 1. The van der Waals surface area contributed by atoms with E-state index in [0.29, 0.717) is 12.2 Å². The lowest BCUT2D eigenvalue weighted by Gasteiger charge is -2.18. The number of carbonyl (C=O) groups is 1. The summed E-state index contributed by atoms with van der Waals surface area (Å²) >= 11 is 0. The summed E-state index contributed by atoms with van der Waals surface area (Å²) in [5, 5.41) is 9.64. The molecule has 1 unspecified atom stereocenters. The zero-order chi connectivity index (χ0) is 16.8. The summed E-state index contributed by atoms with van der Waals surface area (Å²) in [6.07, 6.45) is 0.405. The highest BCUT2D eigenvalue weighted by Gasteiger charge is 2.22. The molecule has 2 rings (SSSR count). The van der Waals surface area contributed by atoms with Gasteiger partial charge in [0, 0.05) is 0 Å². The molecule has 4 nitrogen and oxygen atoms in total. The lowest BCUT2D eigenvalue weighted by atomic mass is 9.91. The Bertz CT molecular complexity index is 664. The molecule has 1 N–H and O–H groups in total. The number of hydrogen-bond acceptors (Lipinski definition) is 3. The molecule has 0 radical (unpaired) electrons. The second-order valence-electron chi connectivity index (χ2n) is 5.65. The highest BCUT2D eigenvalue weighted by Crippen LogP contribution is 2.29. The molecule has 0 aromatic heterocycles. The van der Waals surface area contributed by atoms with Crippen molar-refractivity contribution in [2.75, 3.05) is 7.11 Å². The number of ether oxygens (including phenoxy) is 2. The minimum Gasteiger partial charge on any atom is -0.497 e. The lowest BCUT2D eigenvalue weighted by Crippen LogP contribution is -2.16. The maximum absolute atomic E-state index is 11.8. The van der Waals surface area contributed by atoms with Crippen molar-refractivity contribution in [2.24, 2.45) is 0 Å². The van der Waals surface area contributed by atoms with E-state index in [2.05, 4.69) is 0 Å². The first-order valence-electron chi connectivity index (χ1n) is 7.62. The number of para-hydroxylation sites is 1. The Morgan fingerprint density at radius 2 is 1.87 bits per heavy atom. The van der Waals surface area contributed by atoms with Gasteiger partial charge >= 0.3 is 5.97 Å². The van der Waals surface area contributed by atoms with E-state index in [9.17, 15) is 9.90 Å². The van der Waals surface area contributed by atoms with Gasteiger partial charge in [0.05, 0.1) is 19.1 Å². The molecule has 0 fully saturated rings. The average Bonchev–Trinajstić information content (AvgIpc) is 2.53. The zero-order valence-corrected chi connectivity index (χ0v) is 13.7. The van der Waals surface area contributed by atoms with Crippen molar-refractivity contribution in [3.8, 4) is 11.5 Å². The van der Waals surface area contributed by atoms with E-state index in [0.717, 1.165) is 16.9 Å². The molecule has 0 aliphatic heterocycles. The van der Waals surface area contributed by atoms with Crippen molar-refractivity contribution in [1.82, 2.24) is 0 Å². The van der Waals surface area contributed by atoms with E-state index in [-0.39, 0.29) is 6.10 Å². The predicted octanol–water partition coefficient (Wildman–Crippen LogP) is 3.89. The van der Waals surface area contributed by atoms with Crippen molar-refractivity contribution in [2.45, 2.75) is 32.3 Å². The smallest absolute Gasteiger partial charge is 0.311 e. The van der Waals surface area contributed by atoms with E-state index < -0.39 is 11.9 Å². The molecule has 2 aromatic rings. The third kappa shape index (κ3) is 4.49. The molecular formula is C19H22O4. The summed E-state index contributed by atoms with van der Waals surface area (Å²) in [5.74, 6) is -0.128. The number of hydrogen-bond donors (Lipinski definition) is 1. The van der Waals surface area contributed by atoms with Crippen LogP contribution in [0.5, 0.6) is 11.5 Å². The number of rotatable bonds is 7. The van der Waals surface area contributed by atoms with Gasteiger partial charge in [-0.05, 0) is 49.6 Å². The molecule has 1 atom stereocenters. The Kier molecular flexibility index (Phi) is 5.63. The second-order valence-corrected chi connectivity index (χ2v) is 5.65. The van der Waals surface area contributed by atoms with Crippen molar-refractivity contribution in [3.05, 3.63) is 59.7 Å². The SMILES string of the molecule is COc1cccc(C(Cc2ccccc2OC(C)C)C(=O)O)c1. The van der Waals surface area contributed by atoms with Gasteiger partial charge in [0.1, 0.15) is 11.5 Å². The molecular weight excluding hydrogens is 292 g/mol. The maximum Gasteiger partial charge on any atom is 0.311 e.